The molecule has 0 unspecified atom stereocenters. The van der Waals surface area contributed by atoms with Gasteiger partial charge in [-0.25, -0.2) is 4.39 Å². The average molecular weight is 1930 g/mol. The van der Waals surface area contributed by atoms with Crippen LogP contribution in [0.1, 0.15) is 154 Å². The van der Waals surface area contributed by atoms with Crippen LogP contribution in [0.15, 0.2) is 144 Å². The first-order valence-corrected chi connectivity index (χ1v) is 43.9. The number of benzene rings is 7. The van der Waals surface area contributed by atoms with Crippen LogP contribution in [-0.4, -0.2) is 125 Å². The van der Waals surface area contributed by atoms with Crippen molar-refractivity contribution < 1.29 is 76.9 Å². The molecule has 671 valence electrons. The molecule has 3 fully saturated rings. The number of alkyl halides is 1. The van der Waals surface area contributed by atoms with Crippen molar-refractivity contribution in [2.24, 2.45) is 16.1 Å². The zero-order valence-corrected chi connectivity index (χ0v) is 77.1. The van der Waals surface area contributed by atoms with E-state index >= 15 is 0 Å². The summed E-state index contributed by atoms with van der Waals surface area (Å²) in [6.07, 6.45) is 15.7. The topological polar surface area (TPSA) is 435 Å². The molecule has 3 aliphatic carbocycles. The van der Waals surface area contributed by atoms with E-state index < -0.39 is 57.6 Å². The SMILES string of the molecule is CC(=N)N1C(=N)CCc2c1ccc(-c1cncc(F)c1)c2C1CC1.CCOC(=O)C(Cc1c(Cl)cccc1[N+](=O)[O-])C(=O)OCC.CCOC(=O)C(Cc1c(N)cccc1Cl)C(=O)OCC.CS.Cc1c(Cl)cccc1[N+](=O)[O-].O=C1CCc2c(Cl)cccc2N1.O=C1CCc2c(cccc2C2CC2)N1.O=[N+]([O-])c1cccc(Cl)c1CBr.OB(O)C1CC1.[B]=NS. The van der Waals surface area contributed by atoms with Gasteiger partial charge in [-0.05, 0) is 216 Å². The minimum atomic E-state index is -1.29. The summed E-state index contributed by atoms with van der Waals surface area (Å²) in [7, 11) is 3.30. The van der Waals surface area contributed by atoms with E-state index in [0.29, 0.717) is 79.6 Å². The summed E-state index contributed by atoms with van der Waals surface area (Å²) in [6, 6.07) is 35.7. The van der Waals surface area contributed by atoms with E-state index in [1.54, 1.807) is 101 Å². The van der Waals surface area contributed by atoms with Gasteiger partial charge in [0.05, 0.1) is 73.7 Å². The molecule has 1 aromatic heterocycles. The van der Waals surface area contributed by atoms with E-state index in [0.717, 1.165) is 89.6 Å². The Kier molecular flexibility index (Phi) is 45.9. The molecule has 0 atom stereocenters. The van der Waals surface area contributed by atoms with E-state index in [-0.39, 0.29) is 90.4 Å². The number of rotatable bonds is 20. The number of nitrogens with zero attached hydrogens (tertiary/aromatic N) is 6. The maximum atomic E-state index is 13.6. The summed E-state index contributed by atoms with van der Waals surface area (Å²) in [6.45, 7) is 10.4. The molecule has 6 aliphatic rings. The number of nitrogen functional groups attached to an aromatic ring is 1. The Morgan fingerprint density at radius 2 is 1.04 bits per heavy atom. The fourth-order valence-corrected chi connectivity index (χ4v) is 14.9. The monoisotopic (exact) mass is 1930 g/mol. The second-order valence-corrected chi connectivity index (χ2v) is 30.9. The third kappa shape index (κ3) is 32.7. The molecule has 14 rings (SSSR count). The van der Waals surface area contributed by atoms with Gasteiger partial charge in [0, 0.05) is 99.2 Å². The van der Waals surface area contributed by atoms with Crippen molar-refractivity contribution in [3.05, 3.63) is 251 Å². The van der Waals surface area contributed by atoms with Gasteiger partial charge in [0.1, 0.15) is 17.5 Å². The summed E-state index contributed by atoms with van der Waals surface area (Å²) in [5, 5.41) is 72.7. The zero-order valence-electron chi connectivity index (χ0n) is 70.0. The Morgan fingerprint density at radius 3 is 1.47 bits per heavy atom. The standard InChI is InChI=1S/C19H19FN4.C14H16ClNO6.C14H18ClNO4.C12H13NO.C9H8ClNO.C7H5BrClNO2.C7H6ClNO2.C3H7BO2.CH4S.BHNS/c1-11(21)24-17-6-4-15(13-8-14(20)10-23-9-13)19(12-2-3-12)16(17)5-7-18(24)22;1-3-21-13(17)10(14(18)22-4-2)8-9-11(15)6-5-7-12(9)16(19)20;1-3-19-13(17)10(14(18)20-4-2)8-9-11(15)6-5-7-12(9)16;14-12-7-6-10-9(8-4-5-8)2-1-3-11(10)13-12;10-7-2-1-3-8-6(7)4-5-9(12)11-8;8-4-5-6(9)2-1-3-7(5)10(11)12;1-5-6(8)3-2-4-7(5)9(10)11;5-4(6)3-1-2-3;1-2;1-2-3/h4,6,8-10,12,21-22H,2-3,5,7H2,1H3;5-7,10H,3-4,8H2,1-2H3;5-7,10H,3-4,8,16H2,1-2H3;1-3,8H,4-7H2,(H,13,14);1-3H,4-5H2,(H,11,12);1-3H,4H2;2-4H,1H3;3,5-6H,1-2H2;2H,1H3;3H. The van der Waals surface area contributed by atoms with E-state index in [1.165, 1.54) is 77.7 Å². The van der Waals surface area contributed by atoms with Crippen molar-refractivity contribution in [2.45, 2.75) is 154 Å². The molecule has 0 spiro atoms. The number of esters is 4. The molecule has 1 radical (unpaired) electrons. The molecule has 0 bridgehead atoms. The van der Waals surface area contributed by atoms with Gasteiger partial charge in [-0.2, -0.15) is 12.6 Å². The fraction of sp³-hybridized carbons (Fsp3) is 0.360. The predicted octanol–water partition coefficient (Wildman–Crippen LogP) is 20.0. The molecule has 0 saturated heterocycles. The molecule has 8 aromatic rings. The number of carbonyl (C=O) groups excluding carboxylic acids is 6. The number of hydrogen-bond donors (Lipinski definition) is 9. The zero-order chi connectivity index (χ0) is 93.6. The number of carbonyl (C=O) groups is 6. The molecule has 2 amide bonds. The summed E-state index contributed by atoms with van der Waals surface area (Å²) < 4.78 is 35.8. The van der Waals surface area contributed by atoms with Crippen molar-refractivity contribution in [1.29, 1.82) is 10.8 Å². The number of aromatic nitrogens is 1. The summed E-state index contributed by atoms with van der Waals surface area (Å²) in [5.74, 6) is -2.99. The van der Waals surface area contributed by atoms with Crippen LogP contribution in [0.5, 0.6) is 0 Å². The van der Waals surface area contributed by atoms with Crippen molar-refractivity contribution in [2.75, 3.05) is 54.0 Å². The van der Waals surface area contributed by atoms with Crippen molar-refractivity contribution in [3.63, 3.8) is 0 Å². The number of nitro benzene ring substituents is 3. The third-order valence-electron chi connectivity index (χ3n) is 19.3. The summed E-state index contributed by atoms with van der Waals surface area (Å²) in [4.78, 5) is 106. The van der Waals surface area contributed by atoms with E-state index in [4.69, 9.17) is 104 Å². The van der Waals surface area contributed by atoms with Gasteiger partial charge < -0.3 is 45.4 Å². The molecule has 29 nitrogen and oxygen atoms in total. The quantitative estimate of drug-likeness (QED) is 0.00292. The van der Waals surface area contributed by atoms with Crippen LogP contribution in [0.25, 0.3) is 11.1 Å². The number of nitro groups is 3. The molecule has 8 N–H and O–H groups in total. The number of thiol groups is 2. The predicted molar refractivity (Wildman–Crippen MR) is 501 cm³/mol. The third-order valence-corrected chi connectivity index (χ3v) is 21.7. The van der Waals surface area contributed by atoms with Crippen molar-refractivity contribution in [3.8, 4) is 11.1 Å². The van der Waals surface area contributed by atoms with E-state index in [2.05, 4.69) is 81.1 Å². The average Bonchev–Trinajstić information content (AvgIpc) is 1.44. The number of fused-ring (bicyclic) bond motifs is 3. The molecular weight excluding hydrogens is 1840 g/mol. The normalized spacial score (nSPS) is 13.3. The number of amides is 2. The number of halogens is 7. The number of ether oxygens (including phenoxy) is 4. The molecule has 3 aliphatic heterocycles. The molecule has 3 saturated carbocycles. The van der Waals surface area contributed by atoms with Gasteiger partial charge in [-0.1, -0.05) is 135 Å². The van der Waals surface area contributed by atoms with Gasteiger partial charge in [0.2, 0.25) is 11.8 Å². The summed E-state index contributed by atoms with van der Waals surface area (Å²) in [5.41, 5.74) is 18.9. The molecular formula is C86H97B2BrCl5FN11O18S2. The first-order valence-electron chi connectivity index (χ1n) is 39.6. The number of nitrogens with two attached hydrogens (primary N) is 1. The van der Waals surface area contributed by atoms with Crippen LogP contribution >= 0.6 is 99.4 Å². The van der Waals surface area contributed by atoms with Crippen LogP contribution < -0.4 is 21.3 Å². The number of anilines is 4. The van der Waals surface area contributed by atoms with Crippen molar-refractivity contribution >= 4 is 201 Å². The first kappa shape index (κ1) is 107. The van der Waals surface area contributed by atoms with Crippen LogP contribution in [0, 0.1) is 65.7 Å². The van der Waals surface area contributed by atoms with Gasteiger partial charge in [-0.3, -0.25) is 79.8 Å². The van der Waals surface area contributed by atoms with Crippen LogP contribution in [0.4, 0.5) is 44.2 Å². The molecule has 7 aromatic carbocycles. The molecule has 40 heteroatoms. The number of nitrogens with one attached hydrogen (secondary N) is 4. The van der Waals surface area contributed by atoms with Gasteiger partial charge in [-0.15, -0.1) is 0 Å². The van der Waals surface area contributed by atoms with Crippen molar-refractivity contribution in [1.82, 2.24) is 4.98 Å². The Hall–Kier alpha value is -9.94. The molecule has 4 heterocycles. The maximum absolute atomic E-state index is 13.6. The van der Waals surface area contributed by atoms with E-state index in [1.807, 2.05) is 36.4 Å². The minimum absolute atomic E-state index is 0.0550. The Balaban J connectivity index is 0.000000259. The second kappa shape index (κ2) is 54.3. The Labute approximate surface area is 775 Å². The number of amidine groups is 2. The van der Waals surface area contributed by atoms with Gasteiger partial charge in [0.15, 0.2) is 11.8 Å². The first-order chi connectivity index (χ1) is 60.1. The van der Waals surface area contributed by atoms with E-state index in [9.17, 15) is 63.5 Å². The second-order valence-electron chi connectivity index (χ2n) is 28.0. The number of hydrogen-bond acceptors (Lipinski definition) is 25. The number of pyridine rings is 1. The van der Waals surface area contributed by atoms with Crippen LogP contribution in [-0.2, 0) is 85.1 Å². The van der Waals surface area contributed by atoms with Gasteiger partial charge in [0.25, 0.3) is 17.1 Å². The van der Waals surface area contributed by atoms with Gasteiger partial charge >= 0.3 is 55.7 Å². The van der Waals surface area contributed by atoms with Crippen LogP contribution in [0.2, 0.25) is 30.9 Å². The van der Waals surface area contributed by atoms with Crippen LogP contribution in [0.3, 0.4) is 0 Å². The molecule has 126 heavy (non-hydrogen) atoms. The Morgan fingerprint density at radius 1 is 0.619 bits per heavy atom. The fourth-order valence-electron chi connectivity index (χ4n) is 12.9. The summed E-state index contributed by atoms with van der Waals surface area (Å²) >= 11 is 39.2. The Bertz CT molecular complexity index is 5130.